The smallest absolute Gasteiger partial charge is 0.225 e. The summed E-state index contributed by atoms with van der Waals surface area (Å²) in [6.45, 7) is 5.11. The van der Waals surface area contributed by atoms with Crippen molar-refractivity contribution in [2.24, 2.45) is 11.8 Å². The molecule has 0 unspecified atom stereocenters. The lowest BCUT2D eigenvalue weighted by Gasteiger charge is -2.44. The minimum Gasteiger partial charge on any atom is -0.356 e. The SMILES string of the molecule is O=C(NC[C@H]1CCCN2CCCC[C@H]12)C1CCN(c2ncccn2)CC1. The number of hydrogen-bond acceptors (Lipinski definition) is 5. The molecule has 3 saturated heterocycles. The lowest BCUT2D eigenvalue weighted by molar-refractivity contribution is -0.126. The Hall–Kier alpha value is -1.69. The van der Waals surface area contributed by atoms with E-state index in [9.17, 15) is 4.79 Å². The Morgan fingerprint density at radius 2 is 1.77 bits per heavy atom. The van der Waals surface area contributed by atoms with Crippen LogP contribution in [0.1, 0.15) is 44.9 Å². The Bertz CT molecular complexity index is 585. The first-order valence-corrected chi connectivity index (χ1v) is 10.3. The van der Waals surface area contributed by atoms with Gasteiger partial charge >= 0.3 is 0 Å². The molecule has 2 atom stereocenters. The Labute approximate surface area is 156 Å². The molecule has 0 aromatic carbocycles. The third-order valence-electron chi connectivity index (χ3n) is 6.47. The van der Waals surface area contributed by atoms with Gasteiger partial charge in [0.1, 0.15) is 0 Å². The van der Waals surface area contributed by atoms with Crippen LogP contribution in [0, 0.1) is 11.8 Å². The number of anilines is 1. The number of piperidine rings is 3. The highest BCUT2D eigenvalue weighted by Crippen LogP contribution is 2.30. The highest BCUT2D eigenvalue weighted by atomic mass is 16.1. The number of carbonyl (C=O) groups excluding carboxylic acids is 1. The van der Waals surface area contributed by atoms with Crippen molar-refractivity contribution >= 4 is 11.9 Å². The summed E-state index contributed by atoms with van der Waals surface area (Å²) in [5.41, 5.74) is 0. The number of hydrogen-bond donors (Lipinski definition) is 1. The van der Waals surface area contributed by atoms with Gasteiger partial charge in [-0.2, -0.15) is 0 Å². The second kappa shape index (κ2) is 8.33. The average Bonchev–Trinajstić information content (AvgIpc) is 2.73. The Balaban J connectivity index is 1.24. The lowest BCUT2D eigenvalue weighted by atomic mass is 9.83. The molecule has 142 valence electrons. The van der Waals surface area contributed by atoms with Crippen molar-refractivity contribution in [3.8, 4) is 0 Å². The standard InChI is InChI=1S/C20H31N5O/c26-19(16-7-13-25(14-8-16)20-21-9-4-10-22-20)23-15-17-5-3-12-24-11-2-1-6-18(17)24/h4,9-10,16-18H,1-3,5-8,11-15H2,(H,23,26)/t17-,18-/m1/s1. The number of amides is 1. The maximum Gasteiger partial charge on any atom is 0.225 e. The minimum atomic E-state index is 0.140. The van der Waals surface area contributed by atoms with Crippen LogP contribution in [-0.2, 0) is 4.79 Å². The third-order valence-corrected chi connectivity index (χ3v) is 6.47. The molecule has 0 bridgehead atoms. The summed E-state index contributed by atoms with van der Waals surface area (Å²) in [5.74, 6) is 1.82. The number of fused-ring (bicyclic) bond motifs is 1. The topological polar surface area (TPSA) is 61.4 Å². The zero-order chi connectivity index (χ0) is 17.8. The number of nitrogens with zero attached hydrogens (tertiary/aromatic N) is 4. The van der Waals surface area contributed by atoms with Gasteiger partial charge in [0.15, 0.2) is 0 Å². The van der Waals surface area contributed by atoms with Gasteiger partial charge in [0.2, 0.25) is 11.9 Å². The van der Waals surface area contributed by atoms with Crippen LogP contribution in [0.25, 0.3) is 0 Å². The van der Waals surface area contributed by atoms with Crippen LogP contribution in [0.4, 0.5) is 5.95 Å². The van der Waals surface area contributed by atoms with Crippen LogP contribution < -0.4 is 10.2 Å². The molecule has 1 amide bonds. The van der Waals surface area contributed by atoms with Gasteiger partial charge in [-0.15, -0.1) is 0 Å². The van der Waals surface area contributed by atoms with Gasteiger partial charge in [-0.05, 0) is 63.6 Å². The fourth-order valence-electron chi connectivity index (χ4n) is 4.99. The van der Waals surface area contributed by atoms with Gasteiger partial charge in [-0.1, -0.05) is 6.42 Å². The fourth-order valence-corrected chi connectivity index (χ4v) is 4.99. The molecule has 0 aliphatic carbocycles. The molecule has 4 rings (SSSR count). The van der Waals surface area contributed by atoms with Crippen LogP contribution in [-0.4, -0.2) is 59.5 Å². The average molecular weight is 358 g/mol. The molecular formula is C20H31N5O. The molecule has 1 N–H and O–H groups in total. The van der Waals surface area contributed by atoms with Crippen LogP contribution in [0.5, 0.6) is 0 Å². The van der Waals surface area contributed by atoms with Crippen molar-refractivity contribution < 1.29 is 4.79 Å². The molecule has 0 saturated carbocycles. The minimum absolute atomic E-state index is 0.140. The highest BCUT2D eigenvalue weighted by molar-refractivity contribution is 5.78. The highest BCUT2D eigenvalue weighted by Gasteiger charge is 2.33. The zero-order valence-electron chi connectivity index (χ0n) is 15.6. The van der Waals surface area contributed by atoms with Crippen molar-refractivity contribution in [2.75, 3.05) is 37.6 Å². The third kappa shape index (κ3) is 4.00. The number of nitrogens with one attached hydrogen (secondary N) is 1. The number of rotatable bonds is 4. The van der Waals surface area contributed by atoms with E-state index in [4.69, 9.17) is 0 Å². The summed E-state index contributed by atoms with van der Waals surface area (Å²) in [4.78, 5) is 26.2. The molecular weight excluding hydrogens is 326 g/mol. The molecule has 6 heteroatoms. The van der Waals surface area contributed by atoms with Gasteiger partial charge in [-0.3, -0.25) is 4.79 Å². The quantitative estimate of drug-likeness (QED) is 0.894. The van der Waals surface area contributed by atoms with Crippen molar-refractivity contribution in [2.45, 2.75) is 51.0 Å². The van der Waals surface area contributed by atoms with Crippen molar-refractivity contribution in [1.82, 2.24) is 20.2 Å². The Kier molecular flexibility index (Phi) is 5.68. The summed E-state index contributed by atoms with van der Waals surface area (Å²) in [6.07, 6.45) is 11.9. The molecule has 1 aromatic rings. The van der Waals surface area contributed by atoms with Crippen LogP contribution in [0.3, 0.4) is 0 Å². The summed E-state index contributed by atoms with van der Waals surface area (Å²) in [7, 11) is 0. The number of carbonyl (C=O) groups is 1. The monoisotopic (exact) mass is 357 g/mol. The summed E-state index contributed by atoms with van der Waals surface area (Å²) in [6, 6.07) is 2.54. The van der Waals surface area contributed by atoms with Crippen LogP contribution in [0.2, 0.25) is 0 Å². The van der Waals surface area contributed by atoms with E-state index in [0.717, 1.165) is 38.4 Å². The first kappa shape index (κ1) is 17.7. The van der Waals surface area contributed by atoms with Crippen LogP contribution in [0.15, 0.2) is 18.5 Å². The van der Waals surface area contributed by atoms with Crippen molar-refractivity contribution in [3.63, 3.8) is 0 Å². The zero-order valence-corrected chi connectivity index (χ0v) is 15.6. The van der Waals surface area contributed by atoms with Gasteiger partial charge in [0, 0.05) is 44.0 Å². The molecule has 3 aliphatic rings. The largest absolute Gasteiger partial charge is 0.356 e. The second-order valence-electron chi connectivity index (χ2n) is 8.06. The van der Waals surface area contributed by atoms with E-state index in [2.05, 4.69) is 25.1 Å². The predicted molar refractivity (Wildman–Crippen MR) is 102 cm³/mol. The Morgan fingerprint density at radius 1 is 1.00 bits per heavy atom. The molecule has 0 radical (unpaired) electrons. The molecule has 1 aromatic heterocycles. The fraction of sp³-hybridized carbons (Fsp3) is 0.750. The first-order chi connectivity index (χ1) is 12.8. The summed E-state index contributed by atoms with van der Waals surface area (Å²) in [5, 5.41) is 3.29. The normalized spacial score (nSPS) is 27.8. The molecule has 26 heavy (non-hydrogen) atoms. The molecule has 6 nitrogen and oxygen atoms in total. The predicted octanol–water partition coefficient (Wildman–Crippen LogP) is 2.07. The van der Waals surface area contributed by atoms with E-state index in [1.807, 2.05) is 6.07 Å². The van der Waals surface area contributed by atoms with Gasteiger partial charge < -0.3 is 15.1 Å². The van der Waals surface area contributed by atoms with Crippen LogP contribution >= 0.6 is 0 Å². The van der Waals surface area contributed by atoms with Gasteiger partial charge in [0.25, 0.3) is 0 Å². The summed E-state index contributed by atoms with van der Waals surface area (Å²) >= 11 is 0. The lowest BCUT2D eigenvalue weighted by Crippen LogP contribution is -2.51. The van der Waals surface area contributed by atoms with Gasteiger partial charge in [-0.25, -0.2) is 9.97 Å². The maximum atomic E-state index is 12.7. The van der Waals surface area contributed by atoms with E-state index in [1.165, 1.54) is 45.2 Å². The molecule has 0 spiro atoms. The molecule has 3 aliphatic heterocycles. The van der Waals surface area contributed by atoms with E-state index in [1.54, 1.807) is 12.4 Å². The van der Waals surface area contributed by atoms with Crippen molar-refractivity contribution in [1.29, 1.82) is 0 Å². The van der Waals surface area contributed by atoms with E-state index in [-0.39, 0.29) is 11.8 Å². The molecule has 4 heterocycles. The summed E-state index contributed by atoms with van der Waals surface area (Å²) < 4.78 is 0. The van der Waals surface area contributed by atoms with Gasteiger partial charge in [0.05, 0.1) is 0 Å². The van der Waals surface area contributed by atoms with E-state index >= 15 is 0 Å². The maximum absolute atomic E-state index is 12.7. The number of aromatic nitrogens is 2. The molecule has 3 fully saturated rings. The Morgan fingerprint density at radius 3 is 2.58 bits per heavy atom. The van der Waals surface area contributed by atoms with E-state index < -0.39 is 0 Å². The second-order valence-corrected chi connectivity index (χ2v) is 8.06. The van der Waals surface area contributed by atoms with E-state index in [0.29, 0.717) is 12.0 Å². The first-order valence-electron chi connectivity index (χ1n) is 10.3. The van der Waals surface area contributed by atoms with Crippen molar-refractivity contribution in [3.05, 3.63) is 18.5 Å².